The molecule has 0 saturated carbocycles. The Labute approximate surface area is 134 Å². The molecule has 7 heteroatoms. The number of nitrogens with one attached hydrogen (secondary N) is 2. The van der Waals surface area contributed by atoms with E-state index in [-0.39, 0.29) is 0 Å². The molecule has 112 valence electrons. The van der Waals surface area contributed by atoms with Crippen molar-refractivity contribution in [2.75, 3.05) is 12.4 Å². The molecule has 0 unspecified atom stereocenters. The lowest BCUT2D eigenvalue weighted by Gasteiger charge is -2.13. The van der Waals surface area contributed by atoms with Gasteiger partial charge in [0.2, 0.25) is 0 Å². The van der Waals surface area contributed by atoms with Crippen molar-refractivity contribution in [3.63, 3.8) is 0 Å². The summed E-state index contributed by atoms with van der Waals surface area (Å²) in [5.41, 5.74) is 2.93. The van der Waals surface area contributed by atoms with Gasteiger partial charge in [-0.1, -0.05) is 11.6 Å². The van der Waals surface area contributed by atoms with Crippen LogP contribution in [0.3, 0.4) is 0 Å². The van der Waals surface area contributed by atoms with Crippen molar-refractivity contribution in [1.29, 1.82) is 0 Å². The zero-order valence-electron chi connectivity index (χ0n) is 12.1. The third-order valence-electron chi connectivity index (χ3n) is 3.19. The number of ether oxygens (including phenoxy) is 1. The number of halogens is 1. The van der Waals surface area contributed by atoms with Gasteiger partial charge in [-0.2, -0.15) is 5.10 Å². The molecular formula is C14H17ClN4OS. The van der Waals surface area contributed by atoms with E-state index in [1.807, 2.05) is 24.9 Å². The molecule has 0 atom stereocenters. The van der Waals surface area contributed by atoms with E-state index in [0.29, 0.717) is 22.4 Å². The Hall–Kier alpha value is -1.79. The third kappa shape index (κ3) is 3.86. The zero-order chi connectivity index (χ0) is 15.4. The highest BCUT2D eigenvalue weighted by Gasteiger charge is 2.07. The monoisotopic (exact) mass is 324 g/mol. The molecular weight excluding hydrogens is 308 g/mol. The molecule has 1 aromatic heterocycles. The Bertz CT molecular complexity index is 656. The molecule has 2 N–H and O–H groups in total. The first kappa shape index (κ1) is 15.6. The van der Waals surface area contributed by atoms with Crippen LogP contribution in [-0.2, 0) is 13.6 Å². The van der Waals surface area contributed by atoms with E-state index in [2.05, 4.69) is 15.7 Å². The molecule has 0 aliphatic carbocycles. The second-order valence-corrected chi connectivity index (χ2v) is 5.38. The first-order valence-electron chi connectivity index (χ1n) is 6.37. The summed E-state index contributed by atoms with van der Waals surface area (Å²) in [6, 6.07) is 5.32. The van der Waals surface area contributed by atoms with Crippen LogP contribution in [0.4, 0.5) is 5.69 Å². The van der Waals surface area contributed by atoms with Gasteiger partial charge in [0.05, 0.1) is 19.0 Å². The molecule has 0 aliphatic rings. The minimum atomic E-state index is 0.499. The van der Waals surface area contributed by atoms with Crippen LogP contribution in [0.5, 0.6) is 5.75 Å². The molecule has 0 fully saturated rings. The summed E-state index contributed by atoms with van der Waals surface area (Å²) in [4.78, 5) is 0. The normalized spacial score (nSPS) is 10.3. The van der Waals surface area contributed by atoms with Gasteiger partial charge in [-0.3, -0.25) is 4.68 Å². The second-order valence-electron chi connectivity index (χ2n) is 4.53. The van der Waals surface area contributed by atoms with E-state index in [4.69, 9.17) is 28.6 Å². The number of thiocarbonyl (C=S) groups is 1. The van der Waals surface area contributed by atoms with Gasteiger partial charge in [0.25, 0.3) is 0 Å². The molecule has 0 radical (unpaired) electrons. The highest BCUT2D eigenvalue weighted by atomic mass is 35.5. The minimum absolute atomic E-state index is 0.499. The van der Waals surface area contributed by atoms with Crippen LogP contribution in [0.1, 0.15) is 11.3 Å². The second kappa shape index (κ2) is 6.78. The van der Waals surface area contributed by atoms with Crippen molar-refractivity contribution in [1.82, 2.24) is 15.1 Å². The fraction of sp³-hybridized carbons (Fsp3) is 0.286. The molecule has 21 heavy (non-hydrogen) atoms. The Morgan fingerprint density at radius 3 is 2.86 bits per heavy atom. The van der Waals surface area contributed by atoms with E-state index in [1.165, 1.54) is 0 Å². The Morgan fingerprint density at radius 1 is 1.48 bits per heavy atom. The molecule has 1 aromatic carbocycles. The van der Waals surface area contributed by atoms with Gasteiger partial charge < -0.3 is 15.4 Å². The summed E-state index contributed by atoms with van der Waals surface area (Å²) < 4.78 is 7.09. The van der Waals surface area contributed by atoms with Crippen LogP contribution in [0.25, 0.3) is 0 Å². The molecule has 0 aliphatic heterocycles. The van der Waals surface area contributed by atoms with Crippen molar-refractivity contribution >= 4 is 34.6 Å². The number of hydrogen-bond acceptors (Lipinski definition) is 3. The molecule has 5 nitrogen and oxygen atoms in total. The number of benzene rings is 1. The average Bonchev–Trinajstić information content (AvgIpc) is 2.77. The lowest BCUT2D eigenvalue weighted by Crippen LogP contribution is -2.28. The minimum Gasteiger partial charge on any atom is -0.495 e. The van der Waals surface area contributed by atoms with E-state index in [1.54, 1.807) is 25.3 Å². The van der Waals surface area contributed by atoms with Crippen molar-refractivity contribution in [2.24, 2.45) is 7.05 Å². The van der Waals surface area contributed by atoms with Crippen LogP contribution in [0, 0.1) is 6.92 Å². The lowest BCUT2D eigenvalue weighted by atomic mass is 10.2. The zero-order valence-corrected chi connectivity index (χ0v) is 13.7. The highest BCUT2D eigenvalue weighted by Crippen LogP contribution is 2.27. The maximum Gasteiger partial charge on any atom is 0.171 e. The van der Waals surface area contributed by atoms with Crippen LogP contribution in [0.2, 0.25) is 5.02 Å². The summed E-state index contributed by atoms with van der Waals surface area (Å²) in [7, 11) is 3.51. The standard InChI is InChI=1S/C14H17ClN4OS/c1-9-10(8-17-19(9)2)7-16-14(21)18-12-6-11(15)4-5-13(12)20-3/h4-6,8H,7H2,1-3H3,(H2,16,18,21). The van der Waals surface area contributed by atoms with Gasteiger partial charge in [-0.25, -0.2) is 0 Å². The van der Waals surface area contributed by atoms with Gasteiger partial charge >= 0.3 is 0 Å². The third-order valence-corrected chi connectivity index (χ3v) is 3.67. The van der Waals surface area contributed by atoms with Gasteiger partial charge in [0.15, 0.2) is 5.11 Å². The predicted octanol–water partition coefficient (Wildman–Crippen LogP) is 2.88. The van der Waals surface area contributed by atoms with E-state index in [0.717, 1.165) is 16.9 Å². The van der Waals surface area contributed by atoms with Crippen LogP contribution >= 0.6 is 23.8 Å². The molecule has 0 bridgehead atoms. The van der Waals surface area contributed by atoms with Crippen LogP contribution in [0.15, 0.2) is 24.4 Å². The number of anilines is 1. The average molecular weight is 325 g/mol. The first-order chi connectivity index (χ1) is 10.0. The number of aryl methyl sites for hydroxylation is 1. The fourth-order valence-corrected chi connectivity index (χ4v) is 2.19. The smallest absolute Gasteiger partial charge is 0.171 e. The molecule has 2 rings (SSSR count). The van der Waals surface area contributed by atoms with E-state index >= 15 is 0 Å². The van der Waals surface area contributed by atoms with Crippen molar-refractivity contribution in [3.8, 4) is 5.75 Å². The van der Waals surface area contributed by atoms with Crippen molar-refractivity contribution in [2.45, 2.75) is 13.5 Å². The summed E-state index contributed by atoms with van der Waals surface area (Å²) in [5.74, 6) is 0.682. The molecule has 2 aromatic rings. The Balaban J connectivity index is 1.99. The summed E-state index contributed by atoms with van der Waals surface area (Å²) in [5, 5.41) is 11.5. The highest BCUT2D eigenvalue weighted by molar-refractivity contribution is 7.80. The summed E-state index contributed by atoms with van der Waals surface area (Å²) in [6.45, 7) is 2.62. The number of nitrogens with zero attached hydrogens (tertiary/aromatic N) is 2. The molecule has 0 amide bonds. The van der Waals surface area contributed by atoms with Gasteiger partial charge in [-0.05, 0) is 37.3 Å². The topological polar surface area (TPSA) is 51.1 Å². The molecule has 0 spiro atoms. The molecule has 1 heterocycles. The maximum atomic E-state index is 5.98. The molecule has 0 saturated heterocycles. The Kier molecular flexibility index (Phi) is 5.03. The lowest BCUT2D eigenvalue weighted by molar-refractivity contribution is 0.417. The number of methoxy groups -OCH3 is 1. The Morgan fingerprint density at radius 2 is 2.24 bits per heavy atom. The first-order valence-corrected chi connectivity index (χ1v) is 7.15. The fourth-order valence-electron chi connectivity index (χ4n) is 1.84. The summed E-state index contributed by atoms with van der Waals surface area (Å²) in [6.07, 6.45) is 1.82. The maximum absolute atomic E-state index is 5.98. The van der Waals surface area contributed by atoms with Crippen molar-refractivity contribution in [3.05, 3.63) is 40.7 Å². The van der Waals surface area contributed by atoms with Gasteiger partial charge in [0, 0.05) is 29.9 Å². The van der Waals surface area contributed by atoms with Crippen molar-refractivity contribution < 1.29 is 4.74 Å². The van der Waals surface area contributed by atoms with E-state index in [9.17, 15) is 0 Å². The quantitative estimate of drug-likeness (QED) is 0.847. The summed E-state index contributed by atoms with van der Waals surface area (Å²) >= 11 is 11.3. The van der Waals surface area contributed by atoms with E-state index < -0.39 is 0 Å². The van der Waals surface area contributed by atoms with Crippen LogP contribution < -0.4 is 15.4 Å². The predicted molar refractivity (Wildman–Crippen MR) is 89.0 cm³/mol. The largest absolute Gasteiger partial charge is 0.495 e. The van der Waals surface area contributed by atoms with Gasteiger partial charge in [0.1, 0.15) is 5.75 Å². The van der Waals surface area contributed by atoms with Crippen LogP contribution in [-0.4, -0.2) is 22.0 Å². The number of rotatable bonds is 4. The SMILES string of the molecule is COc1ccc(Cl)cc1NC(=S)NCc1cnn(C)c1C. The van der Waals surface area contributed by atoms with Gasteiger partial charge in [-0.15, -0.1) is 0 Å². The number of aromatic nitrogens is 2. The number of hydrogen-bond donors (Lipinski definition) is 2.